The monoisotopic (exact) mass is 245 g/mol. The van der Waals surface area contributed by atoms with E-state index in [0.29, 0.717) is 0 Å². The van der Waals surface area contributed by atoms with Gasteiger partial charge in [-0.3, -0.25) is 4.79 Å². The minimum Gasteiger partial charge on any atom is -0.480 e. The van der Waals surface area contributed by atoms with Gasteiger partial charge in [0.2, 0.25) is 10.0 Å². The Balaban J connectivity index is 3.23. The smallest absolute Gasteiger partial charge is 0.318 e. The molecule has 0 bridgehead atoms. The van der Waals surface area contributed by atoms with Crippen molar-refractivity contribution in [1.82, 2.24) is 4.31 Å². The van der Waals surface area contributed by atoms with Gasteiger partial charge in [0, 0.05) is 7.05 Å². The first kappa shape index (κ1) is 9.80. The first-order chi connectivity index (χ1) is 8.10. The summed E-state index contributed by atoms with van der Waals surface area (Å²) in [6.45, 7) is -1.22. The Hall–Kier alpha value is -1.40. The summed E-state index contributed by atoms with van der Waals surface area (Å²) in [6.07, 6.45) is 0. The van der Waals surface area contributed by atoms with Crippen LogP contribution in [0.4, 0.5) is 0 Å². The van der Waals surface area contributed by atoms with Gasteiger partial charge in [0.05, 0.1) is 7.64 Å². The number of hydrogen-bond acceptors (Lipinski definition) is 3. The molecule has 0 aromatic heterocycles. The molecular weight excluding hydrogens is 230 g/mol. The molecule has 6 heteroatoms. The van der Waals surface area contributed by atoms with Crippen molar-refractivity contribution < 1.29 is 21.1 Å². The van der Waals surface area contributed by atoms with Crippen LogP contribution >= 0.6 is 0 Å². The molecule has 1 aromatic carbocycles. The Morgan fingerprint density at radius 3 is 2.38 bits per heavy atom. The summed E-state index contributed by atoms with van der Waals surface area (Å²) in [6, 6.07) is 5.71. The van der Waals surface area contributed by atoms with E-state index in [1.807, 2.05) is 0 Å². The topological polar surface area (TPSA) is 74.7 Å². The standard InChI is InChI=1S/C10H13NO4S/c1-8-3-5-9(6-4-8)16(14,15)11(2)7-10(12)13/h3-6H,7H2,1-2H3,(H,12,13)/i7D2. The lowest BCUT2D eigenvalue weighted by Crippen LogP contribution is -2.31. The fourth-order valence-corrected chi connectivity index (χ4v) is 2.06. The van der Waals surface area contributed by atoms with Gasteiger partial charge >= 0.3 is 5.97 Å². The minimum atomic E-state index is -4.18. The SMILES string of the molecule is [2H]C([2H])(C(=O)O)N(C)S(=O)(=O)c1ccc(C)cc1. The molecule has 88 valence electrons. The van der Waals surface area contributed by atoms with Crippen LogP contribution in [0.25, 0.3) is 0 Å². The van der Waals surface area contributed by atoms with Crippen LogP contribution in [0.2, 0.25) is 0 Å². The number of aryl methyl sites for hydroxylation is 1. The molecule has 0 fully saturated rings. The second-order valence-corrected chi connectivity index (χ2v) is 5.17. The predicted molar refractivity (Wildman–Crippen MR) is 58.6 cm³/mol. The molecule has 0 saturated heterocycles. The van der Waals surface area contributed by atoms with Crippen molar-refractivity contribution in [3.05, 3.63) is 29.8 Å². The van der Waals surface area contributed by atoms with Crippen molar-refractivity contribution in [3.63, 3.8) is 0 Å². The van der Waals surface area contributed by atoms with Crippen LogP contribution in [0.1, 0.15) is 8.30 Å². The molecule has 0 amide bonds. The van der Waals surface area contributed by atoms with Gasteiger partial charge in [0.15, 0.2) is 0 Å². The van der Waals surface area contributed by atoms with Crippen LogP contribution < -0.4 is 0 Å². The lowest BCUT2D eigenvalue weighted by molar-refractivity contribution is -0.137. The third-order valence-corrected chi connectivity index (χ3v) is 3.61. The van der Waals surface area contributed by atoms with E-state index in [1.54, 1.807) is 19.1 Å². The number of aliphatic carboxylic acids is 1. The molecule has 0 atom stereocenters. The maximum absolute atomic E-state index is 12.0. The van der Waals surface area contributed by atoms with Crippen LogP contribution in [0.3, 0.4) is 0 Å². The van der Waals surface area contributed by atoms with Gasteiger partial charge < -0.3 is 5.11 Å². The highest BCUT2D eigenvalue weighted by molar-refractivity contribution is 7.89. The lowest BCUT2D eigenvalue weighted by atomic mass is 10.2. The Morgan fingerprint density at radius 2 is 1.94 bits per heavy atom. The fourth-order valence-electron chi connectivity index (χ4n) is 1.06. The third kappa shape index (κ3) is 2.80. The Morgan fingerprint density at radius 1 is 1.44 bits per heavy atom. The highest BCUT2D eigenvalue weighted by Crippen LogP contribution is 2.14. The second-order valence-electron chi connectivity index (χ2n) is 3.20. The molecule has 1 rings (SSSR count). The molecule has 16 heavy (non-hydrogen) atoms. The van der Waals surface area contributed by atoms with E-state index in [2.05, 4.69) is 0 Å². The summed E-state index contributed by atoms with van der Waals surface area (Å²) in [5.41, 5.74) is 0.845. The average Bonchev–Trinajstić information content (AvgIpc) is 2.28. The van der Waals surface area contributed by atoms with Crippen molar-refractivity contribution in [2.45, 2.75) is 11.8 Å². The van der Waals surface area contributed by atoms with E-state index < -0.39 is 22.5 Å². The van der Waals surface area contributed by atoms with Crippen molar-refractivity contribution >= 4 is 16.0 Å². The first-order valence-corrected chi connectivity index (χ1v) is 5.83. The highest BCUT2D eigenvalue weighted by Gasteiger charge is 2.22. The number of rotatable bonds is 4. The molecule has 0 heterocycles. The number of sulfonamides is 1. The Kier molecular flexibility index (Phi) is 2.83. The van der Waals surface area contributed by atoms with Crippen LogP contribution in [-0.2, 0) is 14.8 Å². The molecule has 0 saturated carbocycles. The molecule has 5 nitrogen and oxygen atoms in total. The number of nitrogens with zero attached hydrogens (tertiary/aromatic N) is 1. The van der Waals surface area contributed by atoms with Crippen molar-refractivity contribution in [2.24, 2.45) is 0 Å². The molecule has 0 spiro atoms. The van der Waals surface area contributed by atoms with Crippen molar-refractivity contribution in [3.8, 4) is 0 Å². The molecule has 0 aliphatic carbocycles. The van der Waals surface area contributed by atoms with Gasteiger partial charge in [-0.05, 0) is 19.1 Å². The van der Waals surface area contributed by atoms with E-state index in [9.17, 15) is 13.2 Å². The summed E-state index contributed by atoms with van der Waals surface area (Å²) in [5.74, 6) is -1.86. The van der Waals surface area contributed by atoms with Crippen LogP contribution in [0.5, 0.6) is 0 Å². The zero-order chi connectivity index (χ0) is 14.1. The van der Waals surface area contributed by atoms with E-state index in [4.69, 9.17) is 7.85 Å². The summed E-state index contributed by atoms with van der Waals surface area (Å²) in [5, 5.41) is 8.68. The molecule has 1 N–H and O–H groups in total. The minimum absolute atomic E-state index is 0.152. The quantitative estimate of drug-likeness (QED) is 0.847. The lowest BCUT2D eigenvalue weighted by Gasteiger charge is -2.14. The number of carboxylic acid groups (broad SMARTS) is 1. The van der Waals surface area contributed by atoms with E-state index in [1.165, 1.54) is 12.1 Å². The number of carbonyl (C=O) groups is 1. The predicted octanol–water partition coefficient (Wildman–Crippen LogP) is 0.700. The van der Waals surface area contributed by atoms with Crippen molar-refractivity contribution in [1.29, 1.82) is 0 Å². The summed E-state index contributed by atoms with van der Waals surface area (Å²) < 4.78 is 38.7. The maximum Gasteiger partial charge on any atom is 0.318 e. The fraction of sp³-hybridized carbons (Fsp3) is 0.300. The second kappa shape index (κ2) is 4.63. The molecule has 0 aliphatic rings. The molecule has 1 aromatic rings. The summed E-state index contributed by atoms with van der Waals surface area (Å²) in [4.78, 5) is 10.6. The van der Waals surface area contributed by atoms with Gasteiger partial charge in [-0.25, -0.2) is 8.42 Å². The van der Waals surface area contributed by atoms with Crippen molar-refractivity contribution in [2.75, 3.05) is 13.5 Å². The Bertz CT molecular complexity index is 554. The van der Waals surface area contributed by atoms with E-state index >= 15 is 0 Å². The largest absolute Gasteiger partial charge is 0.480 e. The van der Waals surface area contributed by atoms with Gasteiger partial charge in [0.1, 0.15) is 6.50 Å². The van der Waals surface area contributed by atoms with Crippen LogP contribution in [-0.4, -0.2) is 37.3 Å². The van der Waals surface area contributed by atoms with E-state index in [0.717, 1.165) is 12.6 Å². The van der Waals surface area contributed by atoms with Crippen LogP contribution in [0, 0.1) is 6.92 Å². The molecular formula is C10H13NO4S. The molecule has 0 aliphatic heterocycles. The van der Waals surface area contributed by atoms with Crippen LogP contribution in [0.15, 0.2) is 29.2 Å². The first-order valence-electron chi connectivity index (χ1n) is 5.39. The average molecular weight is 245 g/mol. The van der Waals surface area contributed by atoms with Gasteiger partial charge in [-0.2, -0.15) is 4.31 Å². The van der Waals surface area contributed by atoms with Gasteiger partial charge in [-0.1, -0.05) is 17.7 Å². The zero-order valence-corrected chi connectivity index (χ0v) is 9.65. The number of hydrogen-bond donors (Lipinski definition) is 1. The normalized spacial score (nSPS) is 14.4. The highest BCUT2D eigenvalue weighted by atomic mass is 32.2. The number of carboxylic acids is 1. The third-order valence-electron chi connectivity index (χ3n) is 1.93. The Labute approximate surface area is 97.2 Å². The van der Waals surface area contributed by atoms with E-state index in [-0.39, 0.29) is 9.20 Å². The number of benzene rings is 1. The molecule has 0 unspecified atom stereocenters. The molecule has 0 radical (unpaired) electrons. The summed E-state index contributed by atoms with van der Waals surface area (Å²) >= 11 is 0. The zero-order valence-electron chi connectivity index (χ0n) is 10.8. The summed E-state index contributed by atoms with van der Waals surface area (Å²) in [7, 11) is -3.29. The maximum atomic E-state index is 12.0. The van der Waals surface area contributed by atoms with Gasteiger partial charge in [-0.15, -0.1) is 0 Å². The number of likely N-dealkylation sites (N-methyl/N-ethyl adjacent to an activating group) is 1. The van der Waals surface area contributed by atoms with Gasteiger partial charge in [0.25, 0.3) is 0 Å².